The van der Waals surface area contributed by atoms with Gasteiger partial charge >= 0.3 is 13.8 Å². The second-order valence-electron chi connectivity index (χ2n) is 7.99. The van der Waals surface area contributed by atoms with Crippen LogP contribution >= 0.6 is 7.82 Å². The van der Waals surface area contributed by atoms with Gasteiger partial charge in [-0.1, -0.05) is 127 Å². The van der Waals surface area contributed by atoms with Crippen LogP contribution in [0.3, 0.4) is 0 Å². The Morgan fingerprint density at radius 3 is 1.50 bits per heavy atom. The normalized spacial score (nSPS) is 13.1. The van der Waals surface area contributed by atoms with Crippen molar-refractivity contribution in [2.75, 3.05) is 6.61 Å². The Morgan fingerprint density at radius 1 is 0.767 bits per heavy atom. The zero-order chi connectivity index (χ0) is 22.3. The van der Waals surface area contributed by atoms with E-state index in [1.807, 2.05) is 0 Å². The molecule has 7 heteroatoms. The van der Waals surface area contributed by atoms with Crippen molar-refractivity contribution >= 4 is 13.8 Å². The number of hydrogen-bond donors (Lipinski definition) is 1. The largest absolute Gasteiger partial charge is 0.508 e. The van der Waals surface area contributed by atoms with Crippen molar-refractivity contribution in [2.24, 2.45) is 0 Å². The lowest BCUT2D eigenvalue weighted by Gasteiger charge is -2.09. The Balaban J connectivity index is 3.23. The summed E-state index contributed by atoms with van der Waals surface area (Å²) in [7, 11) is -4.34. The summed E-state index contributed by atoms with van der Waals surface area (Å²) in [5, 5.41) is 0. The standard InChI is InChI=1S/C23H45O6P/c1-3-5-6-7-8-9-10-11-12-13-14-15-16-17-18-19-20-21-22-27-30(25,26)29-28-23(24)4-2/h4H,2-3,5-22H2,1H3,(H,25,26). The van der Waals surface area contributed by atoms with E-state index in [1.165, 1.54) is 96.3 Å². The summed E-state index contributed by atoms with van der Waals surface area (Å²) < 4.78 is 20.2. The molecule has 0 aromatic carbocycles. The molecule has 0 saturated heterocycles. The third kappa shape index (κ3) is 22.0. The van der Waals surface area contributed by atoms with Gasteiger partial charge in [0.2, 0.25) is 0 Å². The molecule has 0 aromatic heterocycles. The lowest BCUT2D eigenvalue weighted by molar-refractivity contribution is -0.217. The van der Waals surface area contributed by atoms with Crippen molar-refractivity contribution in [3.05, 3.63) is 12.7 Å². The minimum Gasteiger partial charge on any atom is -0.300 e. The summed E-state index contributed by atoms with van der Waals surface area (Å²) in [5.41, 5.74) is 0. The number of phosphoric ester groups is 1. The SMILES string of the molecule is C=CC(=O)OOP(=O)(O)OCCCCCCCCCCCCCCCCCCCC. The lowest BCUT2D eigenvalue weighted by atomic mass is 10.0. The van der Waals surface area contributed by atoms with Gasteiger partial charge in [-0.15, -0.1) is 0 Å². The van der Waals surface area contributed by atoms with Gasteiger partial charge in [0, 0.05) is 6.08 Å². The fraction of sp³-hybridized carbons (Fsp3) is 0.870. The Labute approximate surface area is 184 Å². The highest BCUT2D eigenvalue weighted by molar-refractivity contribution is 7.47. The molecular formula is C23H45O6P. The molecular weight excluding hydrogens is 403 g/mol. The maximum absolute atomic E-state index is 11.4. The molecule has 0 bridgehead atoms. The van der Waals surface area contributed by atoms with Crippen LogP contribution in [0.25, 0.3) is 0 Å². The van der Waals surface area contributed by atoms with Crippen LogP contribution in [0.15, 0.2) is 12.7 Å². The van der Waals surface area contributed by atoms with Gasteiger partial charge in [-0.05, 0) is 6.42 Å². The molecule has 178 valence electrons. The van der Waals surface area contributed by atoms with Gasteiger partial charge in [0.1, 0.15) is 0 Å². The fourth-order valence-electron chi connectivity index (χ4n) is 3.32. The Bertz CT molecular complexity index is 455. The molecule has 30 heavy (non-hydrogen) atoms. The van der Waals surface area contributed by atoms with Gasteiger partial charge in [-0.25, -0.2) is 9.36 Å². The predicted molar refractivity (Wildman–Crippen MR) is 122 cm³/mol. The van der Waals surface area contributed by atoms with Gasteiger partial charge in [0.25, 0.3) is 0 Å². The van der Waals surface area contributed by atoms with Crippen molar-refractivity contribution in [1.29, 1.82) is 0 Å². The molecule has 0 aliphatic heterocycles. The van der Waals surface area contributed by atoms with Crippen molar-refractivity contribution in [3.8, 4) is 0 Å². The van der Waals surface area contributed by atoms with E-state index < -0.39 is 13.8 Å². The van der Waals surface area contributed by atoms with Crippen molar-refractivity contribution < 1.29 is 28.3 Å². The third-order valence-corrected chi connectivity index (χ3v) is 5.90. The molecule has 0 radical (unpaired) electrons. The van der Waals surface area contributed by atoms with Crippen LogP contribution < -0.4 is 0 Å². The van der Waals surface area contributed by atoms with Crippen LogP contribution in [0.2, 0.25) is 0 Å². The number of unbranched alkanes of at least 4 members (excludes halogenated alkanes) is 17. The van der Waals surface area contributed by atoms with Gasteiger partial charge in [-0.2, -0.15) is 0 Å². The van der Waals surface area contributed by atoms with Gasteiger partial charge < -0.3 is 4.89 Å². The molecule has 0 fully saturated rings. The molecule has 0 spiro atoms. The van der Waals surface area contributed by atoms with E-state index in [0.29, 0.717) is 6.42 Å². The van der Waals surface area contributed by atoms with E-state index in [0.717, 1.165) is 18.9 Å². The number of hydrogen-bond acceptors (Lipinski definition) is 5. The highest BCUT2D eigenvalue weighted by atomic mass is 31.2. The Hall–Kier alpha value is -0.680. The maximum Gasteiger partial charge on any atom is 0.508 e. The minimum atomic E-state index is -4.34. The second-order valence-corrected chi connectivity index (χ2v) is 9.34. The monoisotopic (exact) mass is 448 g/mol. The summed E-state index contributed by atoms with van der Waals surface area (Å²) in [6, 6.07) is 0. The predicted octanol–water partition coefficient (Wildman–Crippen LogP) is 7.81. The zero-order valence-electron chi connectivity index (χ0n) is 19.2. The van der Waals surface area contributed by atoms with Crippen molar-refractivity contribution in [1.82, 2.24) is 0 Å². The number of carbonyl (C=O) groups excluding carboxylic acids is 1. The molecule has 0 rings (SSSR count). The first-order valence-corrected chi connectivity index (χ1v) is 13.5. The van der Waals surface area contributed by atoms with Crippen molar-refractivity contribution in [2.45, 2.75) is 122 Å². The first-order chi connectivity index (χ1) is 14.5. The highest BCUT2D eigenvalue weighted by Crippen LogP contribution is 2.43. The van der Waals surface area contributed by atoms with Gasteiger partial charge in [0.15, 0.2) is 0 Å². The van der Waals surface area contributed by atoms with E-state index in [-0.39, 0.29) is 6.61 Å². The molecule has 1 atom stereocenters. The van der Waals surface area contributed by atoms with Crippen LogP contribution in [0, 0.1) is 0 Å². The average molecular weight is 449 g/mol. The first-order valence-electron chi connectivity index (χ1n) is 12.0. The number of rotatable bonds is 23. The Kier molecular flexibility index (Phi) is 21.1. The average Bonchev–Trinajstić information content (AvgIpc) is 2.73. The topological polar surface area (TPSA) is 82.1 Å². The van der Waals surface area contributed by atoms with Crippen LogP contribution in [0.1, 0.15) is 122 Å². The second kappa shape index (κ2) is 21.5. The molecule has 1 N–H and O–H groups in total. The summed E-state index contributed by atoms with van der Waals surface area (Å²) in [6.45, 7) is 5.51. The van der Waals surface area contributed by atoms with E-state index >= 15 is 0 Å². The molecule has 0 aliphatic rings. The van der Waals surface area contributed by atoms with Crippen LogP contribution in [-0.2, 0) is 23.4 Å². The number of carbonyl (C=O) groups is 1. The molecule has 6 nitrogen and oxygen atoms in total. The van der Waals surface area contributed by atoms with Gasteiger partial charge in [-0.3, -0.25) is 9.41 Å². The summed E-state index contributed by atoms with van der Waals surface area (Å²) in [5.74, 6) is -0.943. The maximum atomic E-state index is 11.4. The highest BCUT2D eigenvalue weighted by Gasteiger charge is 2.24. The molecule has 1 unspecified atom stereocenters. The summed E-state index contributed by atoms with van der Waals surface area (Å²) in [4.78, 5) is 24.1. The van der Waals surface area contributed by atoms with Crippen LogP contribution in [0.4, 0.5) is 0 Å². The lowest BCUT2D eigenvalue weighted by Crippen LogP contribution is -2.03. The fourth-order valence-corrected chi connectivity index (χ4v) is 3.89. The Morgan fingerprint density at radius 2 is 1.13 bits per heavy atom. The molecule has 0 amide bonds. The molecule has 0 saturated carbocycles. The molecule has 0 aromatic rings. The minimum absolute atomic E-state index is 0.0954. The van der Waals surface area contributed by atoms with Crippen LogP contribution in [-0.4, -0.2) is 17.5 Å². The molecule has 0 heterocycles. The van der Waals surface area contributed by atoms with Crippen molar-refractivity contribution in [3.63, 3.8) is 0 Å². The first kappa shape index (κ1) is 29.3. The van der Waals surface area contributed by atoms with E-state index in [9.17, 15) is 14.3 Å². The zero-order valence-corrected chi connectivity index (χ0v) is 20.0. The van der Waals surface area contributed by atoms with Crippen LogP contribution in [0.5, 0.6) is 0 Å². The van der Waals surface area contributed by atoms with E-state index in [1.54, 1.807) is 0 Å². The van der Waals surface area contributed by atoms with E-state index in [4.69, 9.17) is 4.52 Å². The summed E-state index contributed by atoms with van der Waals surface area (Å²) in [6.07, 6.45) is 23.9. The van der Waals surface area contributed by atoms with E-state index in [2.05, 4.69) is 23.1 Å². The third-order valence-electron chi connectivity index (χ3n) is 5.13. The summed E-state index contributed by atoms with van der Waals surface area (Å²) >= 11 is 0. The quantitative estimate of drug-likeness (QED) is 0.0564. The smallest absolute Gasteiger partial charge is 0.300 e. The van der Waals surface area contributed by atoms with Gasteiger partial charge in [0.05, 0.1) is 6.61 Å². The number of phosphoric acid groups is 1. The molecule has 0 aliphatic carbocycles.